The Bertz CT molecular complexity index is 666. The molecule has 3 rings (SSSR count). The first-order valence-corrected chi connectivity index (χ1v) is 9.39. The van der Waals surface area contributed by atoms with Crippen molar-refractivity contribution in [3.05, 3.63) is 71.3 Å². The van der Waals surface area contributed by atoms with Crippen LogP contribution in [0.3, 0.4) is 0 Å². The van der Waals surface area contributed by atoms with E-state index in [2.05, 4.69) is 48.6 Å². The number of carbonyl (C=O) groups excluding carboxylic acids is 1. The summed E-state index contributed by atoms with van der Waals surface area (Å²) < 4.78 is 0. The molecule has 1 heterocycles. The smallest absolute Gasteiger partial charge is 0.317 e. The maximum atomic E-state index is 12.8. The quantitative estimate of drug-likeness (QED) is 0.849. The van der Waals surface area contributed by atoms with Crippen molar-refractivity contribution in [2.45, 2.75) is 45.1 Å². The zero-order chi connectivity index (χ0) is 17.5. The normalized spacial score (nSPS) is 17.8. The average molecular weight is 336 g/mol. The lowest BCUT2D eigenvalue weighted by Crippen LogP contribution is -2.42. The minimum absolute atomic E-state index is 0.0726. The highest BCUT2D eigenvalue weighted by atomic mass is 16.2. The molecular weight excluding hydrogens is 308 g/mol. The van der Waals surface area contributed by atoms with Gasteiger partial charge in [-0.25, -0.2) is 4.79 Å². The molecule has 1 atom stereocenters. The average Bonchev–Trinajstić information content (AvgIpc) is 2.89. The van der Waals surface area contributed by atoms with Crippen molar-refractivity contribution in [1.82, 2.24) is 10.2 Å². The molecule has 0 aromatic heterocycles. The van der Waals surface area contributed by atoms with Crippen molar-refractivity contribution in [1.29, 1.82) is 0 Å². The number of benzene rings is 2. The van der Waals surface area contributed by atoms with Crippen molar-refractivity contribution in [3.63, 3.8) is 0 Å². The molecule has 3 heteroatoms. The molecule has 0 spiro atoms. The standard InChI is InChI=1S/C22H28N2O/c1-18-11-13-20(14-12-18)21-10-6-3-7-17-24(21)22(25)23-16-15-19-8-4-2-5-9-19/h2,4-5,8-9,11-14,21H,3,6-7,10,15-17H2,1H3,(H,23,25)/t21-/m1/s1. The number of amides is 2. The van der Waals surface area contributed by atoms with E-state index in [1.54, 1.807) is 0 Å². The first-order chi connectivity index (χ1) is 12.2. The van der Waals surface area contributed by atoms with Gasteiger partial charge in [0.2, 0.25) is 0 Å². The van der Waals surface area contributed by atoms with Crippen LogP contribution in [0, 0.1) is 6.92 Å². The van der Waals surface area contributed by atoms with Gasteiger partial charge in [-0.05, 0) is 37.3 Å². The molecule has 1 saturated heterocycles. The summed E-state index contributed by atoms with van der Waals surface area (Å²) in [5.74, 6) is 0. The van der Waals surface area contributed by atoms with Gasteiger partial charge in [-0.15, -0.1) is 0 Å². The Morgan fingerprint density at radius 3 is 2.56 bits per heavy atom. The fourth-order valence-electron chi connectivity index (χ4n) is 3.55. The third-order valence-electron chi connectivity index (χ3n) is 5.01. The third-order valence-corrected chi connectivity index (χ3v) is 5.01. The molecule has 0 bridgehead atoms. The number of hydrogen-bond donors (Lipinski definition) is 1. The Hall–Kier alpha value is -2.29. The first kappa shape index (κ1) is 17.5. The lowest BCUT2D eigenvalue weighted by atomic mass is 10.00. The number of hydrogen-bond acceptors (Lipinski definition) is 1. The van der Waals surface area contributed by atoms with Gasteiger partial charge < -0.3 is 10.2 Å². The molecule has 25 heavy (non-hydrogen) atoms. The second-order valence-corrected chi connectivity index (χ2v) is 6.94. The molecule has 1 N–H and O–H groups in total. The van der Waals surface area contributed by atoms with Gasteiger partial charge in [0.05, 0.1) is 6.04 Å². The highest BCUT2D eigenvalue weighted by molar-refractivity contribution is 5.74. The lowest BCUT2D eigenvalue weighted by Gasteiger charge is -2.30. The number of rotatable bonds is 4. The number of likely N-dealkylation sites (tertiary alicyclic amines) is 1. The fraction of sp³-hybridized carbons (Fsp3) is 0.409. The fourth-order valence-corrected chi connectivity index (χ4v) is 3.55. The van der Waals surface area contributed by atoms with E-state index in [9.17, 15) is 4.79 Å². The summed E-state index contributed by atoms with van der Waals surface area (Å²) in [6.45, 7) is 3.63. The van der Waals surface area contributed by atoms with Gasteiger partial charge in [0.15, 0.2) is 0 Å². The van der Waals surface area contributed by atoms with Gasteiger partial charge in [0, 0.05) is 13.1 Å². The van der Waals surface area contributed by atoms with E-state index in [-0.39, 0.29) is 12.1 Å². The lowest BCUT2D eigenvalue weighted by molar-refractivity contribution is 0.176. The van der Waals surface area contributed by atoms with Gasteiger partial charge >= 0.3 is 6.03 Å². The van der Waals surface area contributed by atoms with E-state index >= 15 is 0 Å². The monoisotopic (exact) mass is 336 g/mol. The molecule has 0 radical (unpaired) electrons. The summed E-state index contributed by atoms with van der Waals surface area (Å²) >= 11 is 0. The Labute approximate surface area is 151 Å². The van der Waals surface area contributed by atoms with E-state index < -0.39 is 0 Å². The molecule has 3 nitrogen and oxygen atoms in total. The summed E-state index contributed by atoms with van der Waals surface area (Å²) in [7, 11) is 0. The summed E-state index contributed by atoms with van der Waals surface area (Å²) in [5, 5.41) is 3.13. The molecule has 1 aliphatic heterocycles. The number of nitrogens with one attached hydrogen (secondary N) is 1. The summed E-state index contributed by atoms with van der Waals surface area (Å²) in [4.78, 5) is 14.9. The van der Waals surface area contributed by atoms with Crippen molar-refractivity contribution in [2.75, 3.05) is 13.1 Å². The Kier molecular flexibility index (Phi) is 6.10. The SMILES string of the molecule is Cc1ccc([C@H]2CCCCCN2C(=O)NCCc2ccccc2)cc1. The highest BCUT2D eigenvalue weighted by Gasteiger charge is 2.26. The maximum Gasteiger partial charge on any atom is 0.317 e. The summed E-state index contributed by atoms with van der Waals surface area (Å²) in [6, 6.07) is 19.2. The zero-order valence-electron chi connectivity index (χ0n) is 15.1. The van der Waals surface area contributed by atoms with Crippen LogP contribution >= 0.6 is 0 Å². The van der Waals surface area contributed by atoms with Crippen molar-refractivity contribution >= 4 is 6.03 Å². The van der Waals surface area contributed by atoms with Crippen LogP contribution in [0.25, 0.3) is 0 Å². The van der Waals surface area contributed by atoms with Crippen LogP contribution in [0.1, 0.15) is 48.4 Å². The highest BCUT2D eigenvalue weighted by Crippen LogP contribution is 2.30. The maximum absolute atomic E-state index is 12.8. The van der Waals surface area contributed by atoms with Crippen molar-refractivity contribution in [2.24, 2.45) is 0 Å². The van der Waals surface area contributed by atoms with Gasteiger partial charge in [-0.1, -0.05) is 73.0 Å². The second kappa shape index (κ2) is 8.70. The number of carbonyl (C=O) groups is 1. The van der Waals surface area contributed by atoms with E-state index in [1.807, 2.05) is 23.1 Å². The molecule has 2 aromatic rings. The van der Waals surface area contributed by atoms with Crippen LogP contribution in [-0.2, 0) is 6.42 Å². The van der Waals surface area contributed by atoms with Crippen molar-refractivity contribution in [3.8, 4) is 0 Å². The topological polar surface area (TPSA) is 32.3 Å². The van der Waals surface area contributed by atoms with Crippen LogP contribution in [0.15, 0.2) is 54.6 Å². The summed E-state index contributed by atoms with van der Waals surface area (Å²) in [5.41, 5.74) is 3.77. The molecular formula is C22H28N2O. The van der Waals surface area contributed by atoms with E-state index in [0.717, 1.165) is 25.8 Å². The Morgan fingerprint density at radius 1 is 1.04 bits per heavy atom. The predicted molar refractivity (Wildman–Crippen MR) is 103 cm³/mol. The van der Waals surface area contributed by atoms with E-state index in [1.165, 1.54) is 29.5 Å². The number of aryl methyl sites for hydroxylation is 1. The van der Waals surface area contributed by atoms with Crippen LogP contribution in [0.2, 0.25) is 0 Å². The van der Waals surface area contributed by atoms with Crippen LogP contribution < -0.4 is 5.32 Å². The molecule has 1 aliphatic rings. The molecule has 1 fully saturated rings. The number of nitrogens with zero attached hydrogens (tertiary/aromatic N) is 1. The van der Waals surface area contributed by atoms with E-state index in [4.69, 9.17) is 0 Å². The van der Waals surface area contributed by atoms with Crippen LogP contribution in [0.5, 0.6) is 0 Å². The molecule has 2 aromatic carbocycles. The third kappa shape index (κ3) is 4.85. The Morgan fingerprint density at radius 2 is 1.80 bits per heavy atom. The largest absolute Gasteiger partial charge is 0.338 e. The zero-order valence-corrected chi connectivity index (χ0v) is 15.1. The molecule has 132 valence electrons. The minimum atomic E-state index is 0.0726. The van der Waals surface area contributed by atoms with Crippen molar-refractivity contribution < 1.29 is 4.79 Å². The predicted octanol–water partition coefficient (Wildman–Crippen LogP) is 4.86. The van der Waals surface area contributed by atoms with Crippen LogP contribution in [-0.4, -0.2) is 24.0 Å². The van der Waals surface area contributed by atoms with Gasteiger partial charge in [0.1, 0.15) is 0 Å². The minimum Gasteiger partial charge on any atom is -0.338 e. The van der Waals surface area contributed by atoms with E-state index in [0.29, 0.717) is 6.54 Å². The molecule has 0 saturated carbocycles. The molecule has 0 unspecified atom stereocenters. The summed E-state index contributed by atoms with van der Waals surface area (Å²) in [6.07, 6.45) is 5.40. The second-order valence-electron chi connectivity index (χ2n) is 6.94. The Balaban J connectivity index is 1.63. The van der Waals surface area contributed by atoms with Gasteiger partial charge in [-0.3, -0.25) is 0 Å². The number of urea groups is 1. The molecule has 0 aliphatic carbocycles. The first-order valence-electron chi connectivity index (χ1n) is 9.39. The van der Waals surface area contributed by atoms with Crippen LogP contribution in [0.4, 0.5) is 4.79 Å². The molecule has 2 amide bonds. The van der Waals surface area contributed by atoms with Gasteiger partial charge in [-0.2, -0.15) is 0 Å². The van der Waals surface area contributed by atoms with Gasteiger partial charge in [0.25, 0.3) is 0 Å².